The van der Waals surface area contributed by atoms with E-state index in [1.807, 2.05) is 11.8 Å². The zero-order valence-electron chi connectivity index (χ0n) is 16.9. The summed E-state index contributed by atoms with van der Waals surface area (Å²) >= 11 is 1.86. The molecule has 0 amide bonds. The Balaban J connectivity index is 1.72. The van der Waals surface area contributed by atoms with Crippen molar-refractivity contribution in [1.82, 2.24) is 0 Å². The molecule has 0 saturated carbocycles. The number of nitrogens with zero attached hydrogens (tertiary/aromatic N) is 2. The average Bonchev–Trinajstić information content (AvgIpc) is 2.67. The van der Waals surface area contributed by atoms with Gasteiger partial charge in [-0.2, -0.15) is 0 Å². The number of benzene rings is 2. The van der Waals surface area contributed by atoms with E-state index in [4.69, 9.17) is 9.47 Å². The molecule has 1 aliphatic heterocycles. The lowest BCUT2D eigenvalue weighted by atomic mass is 10.1. The number of para-hydroxylation sites is 2. The number of methoxy groups -OCH3 is 1. The van der Waals surface area contributed by atoms with Crippen molar-refractivity contribution in [2.75, 3.05) is 59.0 Å². The third kappa shape index (κ3) is 4.85. The largest absolute Gasteiger partial charge is 0.382 e. The highest BCUT2D eigenvalue weighted by Crippen LogP contribution is 2.47. The van der Waals surface area contributed by atoms with Crippen molar-refractivity contribution >= 4 is 23.1 Å². The summed E-state index contributed by atoms with van der Waals surface area (Å²) < 4.78 is 11.7. The van der Waals surface area contributed by atoms with Crippen LogP contribution in [-0.2, 0) is 9.47 Å². The first-order valence-electron chi connectivity index (χ1n) is 9.56. The van der Waals surface area contributed by atoms with Gasteiger partial charge in [0.1, 0.15) is 12.6 Å². The third-order valence-corrected chi connectivity index (χ3v) is 6.55. The molecular formula is C22H31N2O2S+. The molecule has 1 aliphatic rings. The summed E-state index contributed by atoms with van der Waals surface area (Å²) in [4.78, 5) is 5.14. The highest BCUT2D eigenvalue weighted by atomic mass is 32.2. The molecule has 0 aromatic heterocycles. The van der Waals surface area contributed by atoms with E-state index in [1.54, 1.807) is 7.11 Å². The Bertz CT molecular complexity index is 705. The van der Waals surface area contributed by atoms with Crippen LogP contribution in [0.4, 0.5) is 11.4 Å². The topological polar surface area (TPSA) is 21.7 Å². The SMILES string of the molecule is COCCOCC[N+](C)(C)C(C)CN1c2ccccc2Sc2ccccc21. The summed E-state index contributed by atoms with van der Waals surface area (Å²) in [5, 5.41) is 0. The molecule has 0 bridgehead atoms. The lowest BCUT2D eigenvalue weighted by Gasteiger charge is -2.41. The Morgan fingerprint density at radius 1 is 0.926 bits per heavy atom. The molecule has 4 nitrogen and oxygen atoms in total. The molecule has 0 fully saturated rings. The molecule has 2 aromatic carbocycles. The molecule has 0 saturated heterocycles. The van der Waals surface area contributed by atoms with E-state index in [0.29, 0.717) is 19.3 Å². The fourth-order valence-corrected chi connectivity index (χ4v) is 4.32. The van der Waals surface area contributed by atoms with E-state index in [-0.39, 0.29) is 0 Å². The molecule has 1 heterocycles. The number of likely N-dealkylation sites (N-methyl/N-ethyl adjacent to an activating group) is 1. The number of anilines is 2. The van der Waals surface area contributed by atoms with Crippen molar-refractivity contribution in [3.05, 3.63) is 48.5 Å². The van der Waals surface area contributed by atoms with Gasteiger partial charge in [-0.25, -0.2) is 0 Å². The fraction of sp³-hybridized carbons (Fsp3) is 0.455. The van der Waals surface area contributed by atoms with E-state index in [2.05, 4.69) is 74.4 Å². The number of ether oxygens (including phenoxy) is 2. The van der Waals surface area contributed by atoms with Gasteiger partial charge in [0.15, 0.2) is 0 Å². The van der Waals surface area contributed by atoms with Crippen LogP contribution in [0, 0.1) is 0 Å². The van der Waals surface area contributed by atoms with Gasteiger partial charge in [0.25, 0.3) is 0 Å². The van der Waals surface area contributed by atoms with Crippen LogP contribution in [0.15, 0.2) is 58.3 Å². The minimum absolute atomic E-state index is 0.459. The Labute approximate surface area is 167 Å². The highest BCUT2D eigenvalue weighted by Gasteiger charge is 2.30. The summed E-state index contributed by atoms with van der Waals surface area (Å²) in [6.45, 7) is 6.36. The van der Waals surface area contributed by atoms with Crippen molar-refractivity contribution in [3.8, 4) is 0 Å². The Kier molecular flexibility index (Phi) is 6.82. The molecule has 1 atom stereocenters. The van der Waals surface area contributed by atoms with Gasteiger partial charge < -0.3 is 18.9 Å². The normalized spacial score (nSPS) is 14.6. The van der Waals surface area contributed by atoms with Crippen molar-refractivity contribution < 1.29 is 14.0 Å². The predicted molar refractivity (Wildman–Crippen MR) is 113 cm³/mol. The zero-order valence-corrected chi connectivity index (χ0v) is 17.7. The van der Waals surface area contributed by atoms with Crippen LogP contribution in [-0.4, -0.2) is 64.6 Å². The van der Waals surface area contributed by atoms with Crippen molar-refractivity contribution in [3.63, 3.8) is 0 Å². The average molecular weight is 388 g/mol. The summed E-state index contributed by atoms with van der Waals surface area (Å²) in [6.07, 6.45) is 0. The molecule has 0 N–H and O–H groups in total. The molecular weight excluding hydrogens is 356 g/mol. The first-order chi connectivity index (χ1) is 13.0. The molecule has 27 heavy (non-hydrogen) atoms. The maximum atomic E-state index is 5.71. The summed E-state index contributed by atoms with van der Waals surface area (Å²) in [6, 6.07) is 17.9. The van der Waals surface area contributed by atoms with Gasteiger partial charge in [-0.3, -0.25) is 0 Å². The summed E-state index contributed by atoms with van der Waals surface area (Å²) in [7, 11) is 6.29. The van der Waals surface area contributed by atoms with Gasteiger partial charge in [-0.15, -0.1) is 0 Å². The van der Waals surface area contributed by atoms with Crippen molar-refractivity contribution in [2.24, 2.45) is 0 Å². The van der Waals surface area contributed by atoms with Crippen LogP contribution in [0.3, 0.4) is 0 Å². The van der Waals surface area contributed by atoms with Crippen molar-refractivity contribution in [2.45, 2.75) is 22.8 Å². The van der Waals surface area contributed by atoms with Gasteiger partial charge in [0, 0.05) is 16.9 Å². The Morgan fingerprint density at radius 3 is 2.11 bits per heavy atom. The lowest BCUT2D eigenvalue weighted by Crippen LogP contribution is -2.53. The number of quaternary nitrogens is 1. The van der Waals surface area contributed by atoms with Crippen LogP contribution in [0.1, 0.15) is 6.92 Å². The predicted octanol–water partition coefficient (Wildman–Crippen LogP) is 4.42. The molecule has 1 unspecified atom stereocenters. The van der Waals surface area contributed by atoms with Gasteiger partial charge in [0.2, 0.25) is 0 Å². The molecule has 3 rings (SSSR count). The number of hydrogen-bond donors (Lipinski definition) is 0. The molecule has 5 heteroatoms. The molecule has 146 valence electrons. The number of fused-ring (bicyclic) bond motifs is 2. The standard InChI is InChI=1S/C22H31N2O2S/c1-18(24(2,3)13-14-26-16-15-25-4)17-23-19-9-5-7-11-21(19)27-22-12-8-6-10-20(22)23/h5-12,18H,13-17H2,1-4H3/q+1. The monoisotopic (exact) mass is 387 g/mol. The van der Waals surface area contributed by atoms with Crippen LogP contribution in [0.25, 0.3) is 0 Å². The van der Waals surface area contributed by atoms with Crippen LogP contribution in [0.2, 0.25) is 0 Å². The molecule has 0 spiro atoms. The highest BCUT2D eigenvalue weighted by molar-refractivity contribution is 7.99. The second kappa shape index (κ2) is 9.11. The van der Waals surface area contributed by atoms with Gasteiger partial charge in [0.05, 0.1) is 51.8 Å². The third-order valence-electron chi connectivity index (χ3n) is 5.42. The Hall–Kier alpha value is -1.53. The first-order valence-corrected chi connectivity index (χ1v) is 10.4. The fourth-order valence-electron chi connectivity index (χ4n) is 3.23. The maximum Gasteiger partial charge on any atom is 0.104 e. The second-order valence-electron chi connectivity index (χ2n) is 7.60. The number of rotatable bonds is 9. The minimum atomic E-state index is 0.459. The van der Waals surface area contributed by atoms with Gasteiger partial charge in [-0.05, 0) is 31.2 Å². The van der Waals surface area contributed by atoms with E-state index < -0.39 is 0 Å². The van der Waals surface area contributed by atoms with Crippen molar-refractivity contribution in [1.29, 1.82) is 0 Å². The molecule has 0 aliphatic carbocycles. The molecule has 2 aromatic rings. The Morgan fingerprint density at radius 2 is 1.52 bits per heavy atom. The number of hydrogen-bond acceptors (Lipinski definition) is 4. The van der Waals surface area contributed by atoms with E-state index in [1.165, 1.54) is 21.2 Å². The molecule has 0 radical (unpaired) electrons. The van der Waals surface area contributed by atoms with E-state index in [0.717, 1.165) is 24.2 Å². The van der Waals surface area contributed by atoms with Gasteiger partial charge >= 0.3 is 0 Å². The summed E-state index contributed by atoms with van der Waals surface area (Å²) in [5.41, 5.74) is 2.62. The van der Waals surface area contributed by atoms with Crippen LogP contribution >= 0.6 is 11.8 Å². The van der Waals surface area contributed by atoms with E-state index >= 15 is 0 Å². The first kappa shape index (κ1) is 20.2. The zero-order chi connectivity index (χ0) is 19.3. The lowest BCUT2D eigenvalue weighted by molar-refractivity contribution is -0.911. The smallest absolute Gasteiger partial charge is 0.104 e. The summed E-state index contributed by atoms with van der Waals surface area (Å²) in [5.74, 6) is 0. The van der Waals surface area contributed by atoms with E-state index in [9.17, 15) is 0 Å². The quantitative estimate of drug-likeness (QED) is 0.469. The minimum Gasteiger partial charge on any atom is -0.382 e. The van der Waals surface area contributed by atoms with Crippen LogP contribution in [0.5, 0.6) is 0 Å². The maximum absolute atomic E-state index is 5.71. The van der Waals surface area contributed by atoms with Crippen LogP contribution < -0.4 is 4.90 Å². The second-order valence-corrected chi connectivity index (χ2v) is 8.69. The van der Waals surface area contributed by atoms with Gasteiger partial charge in [-0.1, -0.05) is 36.0 Å².